The molecule has 1 atom stereocenters. The van der Waals surface area contributed by atoms with Gasteiger partial charge in [-0.05, 0) is 12.8 Å². The molecule has 2 heterocycles. The highest BCUT2D eigenvalue weighted by molar-refractivity contribution is 7.15. The molecule has 1 aliphatic heterocycles. The summed E-state index contributed by atoms with van der Waals surface area (Å²) >= 11 is 1.44. The summed E-state index contributed by atoms with van der Waals surface area (Å²) in [4.78, 5) is 14.8. The molecule has 110 valence electrons. The van der Waals surface area contributed by atoms with Crippen molar-refractivity contribution < 1.29 is 9.90 Å². The zero-order chi connectivity index (χ0) is 14.3. The molecule has 0 radical (unpaired) electrons. The Morgan fingerprint density at radius 1 is 1.30 bits per heavy atom. The van der Waals surface area contributed by atoms with E-state index >= 15 is 0 Å². The molecule has 0 aromatic carbocycles. The van der Waals surface area contributed by atoms with Gasteiger partial charge in [-0.15, -0.1) is 10.2 Å². The molecule has 1 aliphatic carbocycles. The zero-order valence-corrected chi connectivity index (χ0v) is 12.7. The molecule has 1 saturated carbocycles. The molecule has 2 amide bonds. The zero-order valence-electron chi connectivity index (χ0n) is 11.9. The van der Waals surface area contributed by atoms with Crippen LogP contribution < -0.4 is 4.90 Å². The molecule has 1 N–H and O–H groups in total. The second-order valence-corrected chi connectivity index (χ2v) is 6.98. The van der Waals surface area contributed by atoms with Gasteiger partial charge in [0.05, 0.1) is 6.54 Å². The minimum absolute atomic E-state index is 0.0772. The highest BCUT2D eigenvalue weighted by atomic mass is 32.1. The molecule has 1 unspecified atom stereocenters. The van der Waals surface area contributed by atoms with Crippen LogP contribution in [0.1, 0.15) is 44.0 Å². The average Bonchev–Trinajstić information content (AvgIpc) is 2.97. The van der Waals surface area contributed by atoms with Gasteiger partial charge in [0.25, 0.3) is 0 Å². The minimum Gasteiger partial charge on any atom is -0.371 e. The summed E-state index contributed by atoms with van der Waals surface area (Å²) in [5.41, 5.74) is 0.0772. The van der Waals surface area contributed by atoms with E-state index in [0.717, 1.165) is 17.8 Å². The largest absolute Gasteiger partial charge is 0.371 e. The number of β-amino-alcohol motifs (C(OH)–C–C–N with tert-alkyl or cyclic N) is 1. The van der Waals surface area contributed by atoms with Crippen molar-refractivity contribution >= 4 is 22.5 Å². The second-order valence-electron chi connectivity index (χ2n) is 6.02. The first-order chi connectivity index (χ1) is 9.51. The molecule has 7 heteroatoms. The molecule has 20 heavy (non-hydrogen) atoms. The fourth-order valence-corrected chi connectivity index (χ4v) is 4.11. The fraction of sp³-hybridized carbons (Fsp3) is 0.769. The third-order valence-electron chi connectivity index (χ3n) is 4.36. The standard InChI is InChI=1S/C13H20N4O2S/c1-13(6-4-3-5-7-13)10-14-15-11(20-10)17-9(18)8-16(2)12(17)19/h9,18H,3-8H2,1-2H3. The molecule has 1 saturated heterocycles. The second kappa shape index (κ2) is 4.96. The lowest BCUT2D eigenvalue weighted by atomic mass is 9.76. The van der Waals surface area contributed by atoms with Crippen molar-refractivity contribution in [3.8, 4) is 0 Å². The third kappa shape index (κ3) is 2.18. The molecule has 1 aromatic heterocycles. The molecule has 1 aromatic rings. The van der Waals surface area contributed by atoms with Crippen molar-refractivity contribution in [2.24, 2.45) is 0 Å². The van der Waals surface area contributed by atoms with Crippen LogP contribution >= 0.6 is 11.3 Å². The molecule has 0 spiro atoms. The Balaban J connectivity index is 1.85. The van der Waals surface area contributed by atoms with E-state index in [4.69, 9.17) is 0 Å². The normalized spacial score (nSPS) is 26.4. The van der Waals surface area contributed by atoms with Gasteiger partial charge in [-0.2, -0.15) is 0 Å². The molecule has 0 bridgehead atoms. The van der Waals surface area contributed by atoms with Gasteiger partial charge < -0.3 is 10.0 Å². The summed E-state index contributed by atoms with van der Waals surface area (Å²) in [7, 11) is 1.68. The van der Waals surface area contributed by atoms with Crippen molar-refractivity contribution in [2.45, 2.75) is 50.7 Å². The van der Waals surface area contributed by atoms with Crippen LogP contribution in [0.5, 0.6) is 0 Å². The van der Waals surface area contributed by atoms with E-state index < -0.39 is 6.23 Å². The summed E-state index contributed by atoms with van der Waals surface area (Å²) < 4.78 is 0. The predicted octanol–water partition coefficient (Wildman–Crippen LogP) is 1.95. The van der Waals surface area contributed by atoms with Gasteiger partial charge in [0.15, 0.2) is 6.23 Å². The van der Waals surface area contributed by atoms with Crippen molar-refractivity contribution in [3.63, 3.8) is 0 Å². The van der Waals surface area contributed by atoms with Crippen molar-refractivity contribution in [1.82, 2.24) is 15.1 Å². The van der Waals surface area contributed by atoms with E-state index in [9.17, 15) is 9.90 Å². The maximum absolute atomic E-state index is 12.0. The summed E-state index contributed by atoms with van der Waals surface area (Å²) in [6.07, 6.45) is 5.15. The maximum Gasteiger partial charge on any atom is 0.328 e. The number of aliphatic hydroxyl groups is 1. The number of anilines is 1. The number of carbonyl (C=O) groups excluding carboxylic acids is 1. The van der Waals surface area contributed by atoms with E-state index in [1.165, 1.54) is 40.4 Å². The Morgan fingerprint density at radius 2 is 2.00 bits per heavy atom. The first kappa shape index (κ1) is 13.8. The van der Waals surface area contributed by atoms with E-state index in [1.54, 1.807) is 7.05 Å². The smallest absolute Gasteiger partial charge is 0.328 e. The Kier molecular flexibility index (Phi) is 3.41. The van der Waals surface area contributed by atoms with Gasteiger partial charge in [-0.3, -0.25) is 0 Å². The number of likely N-dealkylation sites (N-methyl/N-ethyl adjacent to an activating group) is 1. The third-order valence-corrected chi connectivity index (χ3v) is 5.59. The number of hydrogen-bond donors (Lipinski definition) is 1. The number of amides is 2. The Morgan fingerprint density at radius 3 is 2.60 bits per heavy atom. The van der Waals surface area contributed by atoms with Crippen molar-refractivity contribution in [1.29, 1.82) is 0 Å². The minimum atomic E-state index is -0.826. The maximum atomic E-state index is 12.0. The van der Waals surface area contributed by atoms with Crippen LogP contribution in [0, 0.1) is 0 Å². The van der Waals surface area contributed by atoms with Gasteiger partial charge in [0.1, 0.15) is 5.01 Å². The van der Waals surface area contributed by atoms with Crippen LogP contribution in [0.4, 0.5) is 9.93 Å². The molecule has 2 fully saturated rings. The lowest BCUT2D eigenvalue weighted by molar-refractivity contribution is 0.183. The summed E-state index contributed by atoms with van der Waals surface area (Å²) in [5, 5.41) is 19.9. The first-order valence-corrected chi connectivity index (χ1v) is 7.89. The Labute approximate surface area is 122 Å². The van der Waals surface area contributed by atoms with Crippen molar-refractivity contribution in [2.75, 3.05) is 18.5 Å². The highest BCUT2D eigenvalue weighted by Crippen LogP contribution is 2.42. The number of carbonyl (C=O) groups is 1. The van der Waals surface area contributed by atoms with E-state index in [2.05, 4.69) is 17.1 Å². The summed E-state index contributed by atoms with van der Waals surface area (Å²) in [6.45, 7) is 2.54. The van der Waals surface area contributed by atoms with Crippen LogP contribution in [0.15, 0.2) is 0 Å². The molecular weight excluding hydrogens is 276 g/mol. The van der Waals surface area contributed by atoms with Crippen LogP contribution in [0.2, 0.25) is 0 Å². The van der Waals surface area contributed by atoms with E-state index in [1.807, 2.05) is 0 Å². The topological polar surface area (TPSA) is 69.6 Å². The molecule has 2 aliphatic rings. The van der Waals surface area contributed by atoms with E-state index in [0.29, 0.717) is 11.7 Å². The molecule has 3 rings (SSSR count). The molecule has 6 nitrogen and oxygen atoms in total. The van der Waals surface area contributed by atoms with Gasteiger partial charge >= 0.3 is 6.03 Å². The lowest BCUT2D eigenvalue weighted by Gasteiger charge is -2.30. The Hall–Kier alpha value is -1.21. The average molecular weight is 296 g/mol. The molecular formula is C13H20N4O2S. The van der Waals surface area contributed by atoms with Crippen LogP contribution in [0.25, 0.3) is 0 Å². The van der Waals surface area contributed by atoms with Crippen molar-refractivity contribution in [3.05, 3.63) is 5.01 Å². The Bertz CT molecular complexity index is 512. The summed E-state index contributed by atoms with van der Waals surface area (Å²) in [6, 6.07) is -0.214. The van der Waals surface area contributed by atoms with Gasteiger partial charge in [0.2, 0.25) is 5.13 Å². The SMILES string of the molecule is CN1CC(O)N(c2nnc(C3(C)CCCCC3)s2)C1=O. The summed E-state index contributed by atoms with van der Waals surface area (Å²) in [5.74, 6) is 0. The predicted molar refractivity (Wildman–Crippen MR) is 76.9 cm³/mol. The van der Waals surface area contributed by atoms with Crippen LogP contribution in [0.3, 0.4) is 0 Å². The monoisotopic (exact) mass is 296 g/mol. The number of urea groups is 1. The number of nitrogens with zero attached hydrogens (tertiary/aromatic N) is 4. The van der Waals surface area contributed by atoms with Gasteiger partial charge in [-0.25, -0.2) is 9.69 Å². The fourth-order valence-electron chi connectivity index (χ4n) is 3.03. The lowest BCUT2D eigenvalue weighted by Crippen LogP contribution is -2.34. The quantitative estimate of drug-likeness (QED) is 0.905. The van der Waals surface area contributed by atoms with Crippen LogP contribution in [-0.2, 0) is 5.41 Å². The number of aromatic nitrogens is 2. The van der Waals surface area contributed by atoms with Gasteiger partial charge in [0, 0.05) is 12.5 Å². The number of hydrogen-bond acceptors (Lipinski definition) is 5. The number of rotatable bonds is 2. The number of aliphatic hydroxyl groups excluding tert-OH is 1. The van der Waals surface area contributed by atoms with Crippen LogP contribution in [-0.4, -0.2) is 46.1 Å². The highest BCUT2D eigenvalue weighted by Gasteiger charge is 2.39. The first-order valence-electron chi connectivity index (χ1n) is 7.08. The van der Waals surface area contributed by atoms with Gasteiger partial charge in [-0.1, -0.05) is 37.5 Å². The van der Waals surface area contributed by atoms with E-state index in [-0.39, 0.29) is 11.4 Å².